The van der Waals surface area contributed by atoms with E-state index in [0.717, 1.165) is 39.5 Å². The Morgan fingerprint density at radius 3 is 1.69 bits per heavy atom. The third-order valence-electron chi connectivity index (χ3n) is 5.03. The molecular weight excluding hydrogens is 396 g/mol. The largest absolute Gasteiger partial charge is 0.497 e. The van der Waals surface area contributed by atoms with E-state index in [1.165, 1.54) is 0 Å². The van der Waals surface area contributed by atoms with E-state index >= 15 is 0 Å². The van der Waals surface area contributed by atoms with Gasteiger partial charge in [0.15, 0.2) is 11.5 Å². The predicted molar refractivity (Wildman–Crippen MR) is 130 cm³/mol. The quantitative estimate of drug-likeness (QED) is 0.271. The highest BCUT2D eigenvalue weighted by molar-refractivity contribution is 5.71. The van der Waals surface area contributed by atoms with Crippen LogP contribution in [0.15, 0.2) is 103 Å². The lowest BCUT2D eigenvalue weighted by Gasteiger charge is -2.14. The van der Waals surface area contributed by atoms with Crippen molar-refractivity contribution in [1.29, 1.82) is 0 Å². The maximum absolute atomic E-state index is 6.16. The van der Waals surface area contributed by atoms with E-state index in [9.17, 15) is 0 Å². The molecule has 4 aromatic rings. The predicted octanol–water partition coefficient (Wildman–Crippen LogP) is 7.02. The van der Waals surface area contributed by atoms with E-state index in [0.29, 0.717) is 13.2 Å². The number of benzene rings is 4. The molecule has 0 aliphatic heterocycles. The first-order chi connectivity index (χ1) is 15.8. The van der Waals surface area contributed by atoms with Crippen LogP contribution in [0.3, 0.4) is 0 Å². The summed E-state index contributed by atoms with van der Waals surface area (Å²) in [5, 5.41) is 0. The summed E-state index contributed by atoms with van der Waals surface area (Å²) in [6, 6.07) is 34.3. The molecule has 0 aliphatic carbocycles. The highest BCUT2D eigenvalue weighted by Gasteiger charge is 2.08. The summed E-state index contributed by atoms with van der Waals surface area (Å²) in [4.78, 5) is 0. The topological polar surface area (TPSA) is 27.7 Å². The van der Waals surface area contributed by atoms with Crippen molar-refractivity contribution >= 4 is 12.2 Å². The van der Waals surface area contributed by atoms with Gasteiger partial charge < -0.3 is 14.2 Å². The van der Waals surface area contributed by atoms with E-state index in [2.05, 4.69) is 36.4 Å². The molecule has 0 aliphatic rings. The zero-order chi connectivity index (χ0) is 22.0. The number of methoxy groups -OCH3 is 1. The van der Waals surface area contributed by atoms with E-state index in [-0.39, 0.29) is 0 Å². The molecule has 0 N–H and O–H groups in total. The van der Waals surface area contributed by atoms with Gasteiger partial charge >= 0.3 is 0 Å². The molecule has 0 bridgehead atoms. The summed E-state index contributed by atoms with van der Waals surface area (Å²) in [5.41, 5.74) is 4.36. The molecule has 3 nitrogen and oxygen atoms in total. The molecule has 0 heterocycles. The second-order valence-electron chi connectivity index (χ2n) is 7.36. The number of hydrogen-bond donors (Lipinski definition) is 0. The Balaban J connectivity index is 1.52. The lowest BCUT2D eigenvalue weighted by atomic mass is 10.1. The molecule has 4 aromatic carbocycles. The fourth-order valence-corrected chi connectivity index (χ4v) is 3.24. The summed E-state index contributed by atoms with van der Waals surface area (Å²) in [7, 11) is 1.67. The van der Waals surface area contributed by atoms with Crippen molar-refractivity contribution in [2.24, 2.45) is 0 Å². The van der Waals surface area contributed by atoms with Crippen LogP contribution in [0.4, 0.5) is 0 Å². The van der Waals surface area contributed by atoms with Gasteiger partial charge in [0.25, 0.3) is 0 Å². The second-order valence-corrected chi connectivity index (χ2v) is 7.36. The molecule has 0 atom stereocenters. The fourth-order valence-electron chi connectivity index (χ4n) is 3.24. The highest BCUT2D eigenvalue weighted by atomic mass is 16.5. The molecule has 160 valence electrons. The Morgan fingerprint density at radius 2 is 1.09 bits per heavy atom. The number of ether oxygens (including phenoxy) is 3. The zero-order valence-corrected chi connectivity index (χ0v) is 18.1. The van der Waals surface area contributed by atoms with Crippen LogP contribution in [0.2, 0.25) is 0 Å². The van der Waals surface area contributed by atoms with Gasteiger partial charge in [-0.3, -0.25) is 0 Å². The second kappa shape index (κ2) is 10.9. The molecule has 3 heteroatoms. The zero-order valence-electron chi connectivity index (χ0n) is 18.1. The summed E-state index contributed by atoms with van der Waals surface area (Å²) in [5.74, 6) is 2.30. The fraction of sp³-hybridized carbons (Fsp3) is 0.103. The van der Waals surface area contributed by atoms with Crippen molar-refractivity contribution in [1.82, 2.24) is 0 Å². The van der Waals surface area contributed by atoms with Gasteiger partial charge in [0.2, 0.25) is 0 Å². The lowest BCUT2D eigenvalue weighted by Crippen LogP contribution is -2.00. The van der Waals surface area contributed by atoms with Crippen LogP contribution in [0.1, 0.15) is 22.3 Å². The normalized spacial score (nSPS) is 10.8. The van der Waals surface area contributed by atoms with Gasteiger partial charge in [-0.1, -0.05) is 91.0 Å². The van der Waals surface area contributed by atoms with Crippen LogP contribution in [-0.2, 0) is 13.2 Å². The van der Waals surface area contributed by atoms with E-state index < -0.39 is 0 Å². The monoisotopic (exact) mass is 422 g/mol. The van der Waals surface area contributed by atoms with Crippen molar-refractivity contribution in [3.8, 4) is 17.2 Å². The number of hydrogen-bond acceptors (Lipinski definition) is 3. The maximum atomic E-state index is 6.16. The minimum atomic E-state index is 0.480. The van der Waals surface area contributed by atoms with Crippen LogP contribution >= 0.6 is 0 Å². The van der Waals surface area contributed by atoms with E-state index in [1.54, 1.807) is 7.11 Å². The first kappa shape index (κ1) is 21.3. The van der Waals surface area contributed by atoms with Crippen LogP contribution in [0, 0.1) is 0 Å². The molecule has 0 spiro atoms. The summed E-state index contributed by atoms with van der Waals surface area (Å²) >= 11 is 0. The van der Waals surface area contributed by atoms with Crippen LogP contribution in [0.5, 0.6) is 17.2 Å². The molecule has 32 heavy (non-hydrogen) atoms. The molecule has 0 fully saturated rings. The van der Waals surface area contributed by atoms with Crippen LogP contribution in [0.25, 0.3) is 12.2 Å². The third-order valence-corrected chi connectivity index (χ3v) is 5.03. The molecule has 0 unspecified atom stereocenters. The Bertz CT molecular complexity index is 1130. The minimum Gasteiger partial charge on any atom is -0.497 e. The standard InChI is InChI=1S/C29H26O3/c1-30-27-17-14-23(15-18-27)12-13-24-16-19-28(31-21-25-8-4-2-5-9-25)29(20-24)32-22-26-10-6-3-7-11-26/h2-20H,21-22H2,1H3/b13-12+. The number of rotatable bonds is 9. The first-order valence-electron chi connectivity index (χ1n) is 10.6. The molecule has 0 amide bonds. The summed E-state index contributed by atoms with van der Waals surface area (Å²) in [6.45, 7) is 0.970. The minimum absolute atomic E-state index is 0.480. The smallest absolute Gasteiger partial charge is 0.162 e. The molecule has 0 saturated heterocycles. The van der Waals surface area contributed by atoms with Crippen molar-refractivity contribution in [2.45, 2.75) is 13.2 Å². The van der Waals surface area contributed by atoms with E-state index in [4.69, 9.17) is 14.2 Å². The van der Waals surface area contributed by atoms with Gasteiger partial charge in [-0.25, -0.2) is 0 Å². The van der Waals surface area contributed by atoms with Gasteiger partial charge in [0.05, 0.1) is 7.11 Å². The SMILES string of the molecule is COc1ccc(/C=C/c2ccc(OCc3ccccc3)c(OCc3ccccc3)c2)cc1. The molecule has 0 aromatic heterocycles. The van der Waals surface area contributed by atoms with Gasteiger partial charge in [0, 0.05) is 0 Å². The molecular formula is C29H26O3. The Morgan fingerprint density at radius 1 is 0.562 bits per heavy atom. The average Bonchev–Trinajstić information content (AvgIpc) is 2.87. The first-order valence-corrected chi connectivity index (χ1v) is 10.6. The Labute approximate surface area is 189 Å². The third kappa shape index (κ3) is 6.02. The van der Waals surface area contributed by atoms with Gasteiger partial charge in [-0.2, -0.15) is 0 Å². The van der Waals surface area contributed by atoms with Gasteiger partial charge in [0.1, 0.15) is 19.0 Å². The van der Waals surface area contributed by atoms with Crippen molar-refractivity contribution in [3.05, 3.63) is 125 Å². The van der Waals surface area contributed by atoms with E-state index in [1.807, 2.05) is 78.9 Å². The Kier molecular flexibility index (Phi) is 7.22. The molecule has 0 radical (unpaired) electrons. The molecule has 0 saturated carbocycles. The molecule has 4 rings (SSSR count). The average molecular weight is 423 g/mol. The summed E-state index contributed by atoms with van der Waals surface area (Å²) < 4.78 is 17.5. The van der Waals surface area contributed by atoms with Crippen LogP contribution in [-0.4, -0.2) is 7.11 Å². The lowest BCUT2D eigenvalue weighted by molar-refractivity contribution is 0.256. The van der Waals surface area contributed by atoms with Crippen molar-refractivity contribution in [3.63, 3.8) is 0 Å². The summed E-state index contributed by atoms with van der Waals surface area (Å²) in [6.07, 6.45) is 4.14. The van der Waals surface area contributed by atoms with Crippen LogP contribution < -0.4 is 14.2 Å². The Hall–Kier alpha value is -3.98. The highest BCUT2D eigenvalue weighted by Crippen LogP contribution is 2.31. The van der Waals surface area contributed by atoms with Crippen molar-refractivity contribution in [2.75, 3.05) is 7.11 Å². The van der Waals surface area contributed by atoms with Crippen molar-refractivity contribution < 1.29 is 14.2 Å². The maximum Gasteiger partial charge on any atom is 0.162 e. The van der Waals surface area contributed by atoms with Gasteiger partial charge in [-0.05, 0) is 46.5 Å². The van der Waals surface area contributed by atoms with Gasteiger partial charge in [-0.15, -0.1) is 0 Å².